The summed E-state index contributed by atoms with van der Waals surface area (Å²) in [5, 5.41) is 11.8. The van der Waals surface area contributed by atoms with Crippen LogP contribution >= 0.6 is 0 Å². The summed E-state index contributed by atoms with van der Waals surface area (Å²) in [6, 6.07) is -0.187. The van der Waals surface area contributed by atoms with Gasteiger partial charge in [0, 0.05) is 26.7 Å². The van der Waals surface area contributed by atoms with Crippen LogP contribution in [0.3, 0.4) is 0 Å². The Bertz CT molecular complexity index is 370. The predicted molar refractivity (Wildman–Crippen MR) is 68.9 cm³/mol. The SMILES string of the molecule is COC(C)(CNC(=O)N1CCC(C(=O)O)C1)C1CC1. The van der Waals surface area contributed by atoms with Gasteiger partial charge in [0.1, 0.15) is 0 Å². The molecule has 108 valence electrons. The van der Waals surface area contributed by atoms with Crippen molar-refractivity contribution >= 4 is 12.0 Å². The minimum atomic E-state index is -0.824. The number of urea groups is 1. The van der Waals surface area contributed by atoms with E-state index < -0.39 is 11.9 Å². The van der Waals surface area contributed by atoms with E-state index in [1.54, 1.807) is 12.0 Å². The van der Waals surface area contributed by atoms with Gasteiger partial charge in [-0.3, -0.25) is 4.79 Å². The molecule has 19 heavy (non-hydrogen) atoms. The summed E-state index contributed by atoms with van der Waals surface area (Å²) in [6.07, 6.45) is 2.82. The van der Waals surface area contributed by atoms with E-state index >= 15 is 0 Å². The van der Waals surface area contributed by atoms with E-state index in [-0.39, 0.29) is 11.6 Å². The number of nitrogens with one attached hydrogen (secondary N) is 1. The van der Waals surface area contributed by atoms with Crippen molar-refractivity contribution in [2.24, 2.45) is 11.8 Å². The predicted octanol–water partition coefficient (Wildman–Crippen LogP) is 0.918. The van der Waals surface area contributed by atoms with Crippen molar-refractivity contribution in [2.75, 3.05) is 26.7 Å². The highest BCUT2D eigenvalue weighted by Crippen LogP contribution is 2.41. The van der Waals surface area contributed by atoms with E-state index in [1.165, 1.54) is 0 Å². The molecule has 0 aromatic rings. The van der Waals surface area contributed by atoms with Gasteiger partial charge in [-0.2, -0.15) is 0 Å². The second-order valence-corrected chi connectivity index (χ2v) is 5.72. The number of aliphatic carboxylic acids is 1. The molecule has 0 aromatic heterocycles. The highest BCUT2D eigenvalue weighted by atomic mass is 16.5. The van der Waals surface area contributed by atoms with Gasteiger partial charge in [0.15, 0.2) is 0 Å². The molecular weight excluding hydrogens is 248 g/mol. The number of amides is 2. The maximum absolute atomic E-state index is 12.0. The van der Waals surface area contributed by atoms with Gasteiger partial charge >= 0.3 is 12.0 Å². The summed E-state index contributed by atoms with van der Waals surface area (Å²) in [7, 11) is 1.67. The van der Waals surface area contributed by atoms with Crippen LogP contribution in [0, 0.1) is 11.8 Å². The van der Waals surface area contributed by atoms with Crippen molar-refractivity contribution in [1.82, 2.24) is 10.2 Å². The molecule has 0 aromatic carbocycles. The molecule has 2 amide bonds. The summed E-state index contributed by atoms with van der Waals surface area (Å²) in [5.41, 5.74) is -0.304. The van der Waals surface area contributed by atoms with Crippen molar-refractivity contribution in [2.45, 2.75) is 31.8 Å². The zero-order valence-electron chi connectivity index (χ0n) is 11.5. The Morgan fingerprint density at radius 2 is 2.11 bits per heavy atom. The number of carbonyl (C=O) groups is 2. The Morgan fingerprint density at radius 3 is 2.58 bits per heavy atom. The van der Waals surface area contributed by atoms with Gasteiger partial charge < -0.3 is 20.1 Å². The van der Waals surface area contributed by atoms with Crippen LogP contribution in [0.5, 0.6) is 0 Å². The number of carbonyl (C=O) groups excluding carboxylic acids is 1. The van der Waals surface area contributed by atoms with E-state index in [1.807, 2.05) is 6.92 Å². The van der Waals surface area contributed by atoms with Crippen LogP contribution in [-0.2, 0) is 9.53 Å². The maximum atomic E-state index is 12.0. The van der Waals surface area contributed by atoms with Crippen LogP contribution in [0.15, 0.2) is 0 Å². The van der Waals surface area contributed by atoms with E-state index in [4.69, 9.17) is 9.84 Å². The van der Waals surface area contributed by atoms with Gasteiger partial charge in [0.25, 0.3) is 0 Å². The quantitative estimate of drug-likeness (QED) is 0.778. The summed E-state index contributed by atoms with van der Waals surface area (Å²) in [5.74, 6) is -0.735. The molecule has 1 aliphatic carbocycles. The van der Waals surface area contributed by atoms with Crippen molar-refractivity contribution in [3.8, 4) is 0 Å². The molecule has 0 spiro atoms. The van der Waals surface area contributed by atoms with Crippen LogP contribution < -0.4 is 5.32 Å². The number of hydrogen-bond donors (Lipinski definition) is 2. The van der Waals surface area contributed by atoms with Crippen molar-refractivity contribution in [1.29, 1.82) is 0 Å². The molecule has 1 heterocycles. The molecule has 2 rings (SSSR count). The molecule has 2 unspecified atom stereocenters. The van der Waals surface area contributed by atoms with Crippen LogP contribution in [0.4, 0.5) is 4.79 Å². The lowest BCUT2D eigenvalue weighted by Gasteiger charge is -2.29. The van der Waals surface area contributed by atoms with Crippen LogP contribution in [0.1, 0.15) is 26.2 Å². The third-order valence-electron chi connectivity index (χ3n) is 4.32. The van der Waals surface area contributed by atoms with Gasteiger partial charge in [0.05, 0.1) is 11.5 Å². The molecule has 2 atom stereocenters. The molecule has 2 fully saturated rings. The summed E-state index contributed by atoms with van der Waals surface area (Å²) in [6.45, 7) is 3.29. The molecule has 6 heteroatoms. The number of nitrogens with zero attached hydrogens (tertiary/aromatic N) is 1. The zero-order valence-corrected chi connectivity index (χ0v) is 11.5. The standard InChI is InChI=1S/C13H22N2O4/c1-13(19-2,10-3-4-10)8-14-12(18)15-6-5-9(7-15)11(16)17/h9-10H,3-8H2,1-2H3,(H,14,18)(H,16,17). The van der Waals surface area contributed by atoms with E-state index in [0.29, 0.717) is 32.0 Å². The minimum absolute atomic E-state index is 0.187. The van der Waals surface area contributed by atoms with Gasteiger partial charge in [0.2, 0.25) is 0 Å². The minimum Gasteiger partial charge on any atom is -0.481 e. The first kappa shape index (κ1) is 14.1. The molecule has 2 N–H and O–H groups in total. The van der Waals surface area contributed by atoms with Crippen LogP contribution in [0.25, 0.3) is 0 Å². The smallest absolute Gasteiger partial charge is 0.317 e. The lowest BCUT2D eigenvalue weighted by atomic mass is 10.0. The number of ether oxygens (including phenoxy) is 1. The van der Waals surface area contributed by atoms with Crippen molar-refractivity contribution in [3.05, 3.63) is 0 Å². The monoisotopic (exact) mass is 270 g/mol. The summed E-state index contributed by atoms with van der Waals surface area (Å²) >= 11 is 0. The number of hydrogen-bond acceptors (Lipinski definition) is 3. The highest BCUT2D eigenvalue weighted by molar-refractivity contribution is 5.77. The first-order valence-electron chi connectivity index (χ1n) is 6.77. The van der Waals surface area contributed by atoms with Gasteiger partial charge in [-0.05, 0) is 32.1 Å². The Morgan fingerprint density at radius 1 is 1.42 bits per heavy atom. The molecule has 1 saturated heterocycles. The molecule has 2 aliphatic rings. The zero-order chi connectivity index (χ0) is 14.0. The summed E-state index contributed by atoms with van der Waals surface area (Å²) in [4.78, 5) is 24.4. The third-order valence-corrected chi connectivity index (χ3v) is 4.32. The fourth-order valence-corrected chi connectivity index (χ4v) is 2.59. The Kier molecular flexibility index (Phi) is 3.99. The Balaban J connectivity index is 1.80. The lowest BCUT2D eigenvalue weighted by Crippen LogP contribution is -2.48. The van der Waals surface area contributed by atoms with E-state index in [2.05, 4.69) is 5.32 Å². The Hall–Kier alpha value is -1.30. The lowest BCUT2D eigenvalue weighted by molar-refractivity contribution is -0.141. The second kappa shape index (κ2) is 5.36. The van der Waals surface area contributed by atoms with Gasteiger partial charge in [-0.25, -0.2) is 4.79 Å². The second-order valence-electron chi connectivity index (χ2n) is 5.72. The molecule has 6 nitrogen and oxygen atoms in total. The first-order valence-corrected chi connectivity index (χ1v) is 6.77. The fraction of sp³-hybridized carbons (Fsp3) is 0.846. The number of methoxy groups -OCH3 is 1. The summed E-state index contributed by atoms with van der Waals surface area (Å²) < 4.78 is 5.51. The molecule has 1 aliphatic heterocycles. The van der Waals surface area contributed by atoms with Gasteiger partial charge in [-0.15, -0.1) is 0 Å². The largest absolute Gasteiger partial charge is 0.481 e. The number of carboxylic acids is 1. The molecule has 0 radical (unpaired) electrons. The number of carboxylic acid groups (broad SMARTS) is 1. The molecule has 1 saturated carbocycles. The fourth-order valence-electron chi connectivity index (χ4n) is 2.59. The number of rotatable bonds is 5. The topological polar surface area (TPSA) is 78.9 Å². The first-order chi connectivity index (χ1) is 8.96. The highest BCUT2D eigenvalue weighted by Gasteiger charge is 2.42. The van der Waals surface area contributed by atoms with Crippen LogP contribution in [0.2, 0.25) is 0 Å². The maximum Gasteiger partial charge on any atom is 0.317 e. The van der Waals surface area contributed by atoms with E-state index in [9.17, 15) is 9.59 Å². The normalized spacial score (nSPS) is 26.0. The molecule has 0 bridgehead atoms. The Labute approximate surface area is 113 Å². The van der Waals surface area contributed by atoms with Crippen LogP contribution in [-0.4, -0.2) is 54.4 Å². The average molecular weight is 270 g/mol. The van der Waals surface area contributed by atoms with Crippen molar-refractivity contribution in [3.63, 3.8) is 0 Å². The average Bonchev–Trinajstić information content (AvgIpc) is 3.13. The molecular formula is C13H22N2O4. The van der Waals surface area contributed by atoms with Gasteiger partial charge in [-0.1, -0.05) is 0 Å². The number of likely N-dealkylation sites (tertiary alicyclic amines) is 1. The third kappa shape index (κ3) is 3.18. The van der Waals surface area contributed by atoms with Crippen molar-refractivity contribution < 1.29 is 19.4 Å². The van der Waals surface area contributed by atoms with E-state index in [0.717, 1.165) is 12.8 Å².